The lowest BCUT2D eigenvalue weighted by molar-refractivity contribution is -0.132. The average Bonchev–Trinajstić information content (AvgIpc) is 3.06. The third-order valence-electron chi connectivity index (χ3n) is 4.43. The molecular weight excluding hydrogens is 236 g/mol. The number of carbonyl (C=O) groups is 1. The highest BCUT2D eigenvalue weighted by Gasteiger charge is 2.42. The number of amides is 1. The minimum absolute atomic E-state index is 0.147. The number of rotatable bonds is 3. The molecule has 3 rings (SSSR count). The molecule has 19 heavy (non-hydrogen) atoms. The number of carbonyl (C=O) groups excluding carboxylic acids is 1. The number of nitrogens with zero attached hydrogens (tertiary/aromatic N) is 1. The molecule has 2 unspecified atom stereocenters. The van der Waals surface area contributed by atoms with Gasteiger partial charge in [0.15, 0.2) is 0 Å². The van der Waals surface area contributed by atoms with Gasteiger partial charge < -0.3 is 4.90 Å². The van der Waals surface area contributed by atoms with Crippen LogP contribution in [0.3, 0.4) is 0 Å². The van der Waals surface area contributed by atoms with E-state index in [1.807, 2.05) is 30.3 Å². The Bertz CT molecular complexity index is 439. The second-order valence-electron chi connectivity index (χ2n) is 5.62. The maximum absolute atomic E-state index is 12.7. The molecule has 1 saturated heterocycles. The van der Waals surface area contributed by atoms with E-state index in [-0.39, 0.29) is 18.1 Å². The topological polar surface area (TPSA) is 32.3 Å². The molecular formula is C16H22N2O. The lowest BCUT2D eigenvalue weighted by Gasteiger charge is -2.29. The third kappa shape index (κ3) is 2.27. The summed E-state index contributed by atoms with van der Waals surface area (Å²) < 4.78 is 0. The first-order chi connectivity index (χ1) is 9.31. The fourth-order valence-electron chi connectivity index (χ4n) is 3.46. The maximum Gasteiger partial charge on any atom is 0.245 e. The van der Waals surface area contributed by atoms with Gasteiger partial charge in [0.2, 0.25) is 5.91 Å². The van der Waals surface area contributed by atoms with Crippen LogP contribution in [0, 0.1) is 0 Å². The SMILES string of the molecule is CCC1NC(c2ccccc2)C(=O)N1C1CCCC1. The summed E-state index contributed by atoms with van der Waals surface area (Å²) in [4.78, 5) is 14.9. The van der Waals surface area contributed by atoms with E-state index in [0.717, 1.165) is 12.0 Å². The number of benzene rings is 1. The molecule has 2 atom stereocenters. The first-order valence-corrected chi connectivity index (χ1v) is 7.44. The molecule has 1 N–H and O–H groups in total. The van der Waals surface area contributed by atoms with Gasteiger partial charge in [0.25, 0.3) is 0 Å². The number of nitrogens with one attached hydrogen (secondary N) is 1. The van der Waals surface area contributed by atoms with Crippen molar-refractivity contribution in [2.45, 2.75) is 57.3 Å². The zero-order valence-corrected chi connectivity index (χ0v) is 11.5. The van der Waals surface area contributed by atoms with Crippen LogP contribution in [0.1, 0.15) is 50.6 Å². The van der Waals surface area contributed by atoms with Gasteiger partial charge in [-0.1, -0.05) is 50.1 Å². The molecule has 1 aliphatic carbocycles. The van der Waals surface area contributed by atoms with Gasteiger partial charge >= 0.3 is 0 Å². The smallest absolute Gasteiger partial charge is 0.245 e. The molecule has 1 amide bonds. The van der Waals surface area contributed by atoms with E-state index >= 15 is 0 Å². The van der Waals surface area contributed by atoms with Gasteiger partial charge in [-0.3, -0.25) is 10.1 Å². The molecule has 2 fully saturated rings. The highest BCUT2D eigenvalue weighted by Crippen LogP contribution is 2.33. The summed E-state index contributed by atoms with van der Waals surface area (Å²) in [5.41, 5.74) is 1.09. The Morgan fingerprint density at radius 1 is 1.21 bits per heavy atom. The quantitative estimate of drug-likeness (QED) is 0.904. The van der Waals surface area contributed by atoms with Crippen molar-refractivity contribution in [2.24, 2.45) is 0 Å². The van der Waals surface area contributed by atoms with E-state index in [2.05, 4.69) is 17.1 Å². The van der Waals surface area contributed by atoms with Crippen LogP contribution in [-0.4, -0.2) is 23.0 Å². The largest absolute Gasteiger partial charge is 0.323 e. The van der Waals surface area contributed by atoms with Crippen LogP contribution in [0.4, 0.5) is 0 Å². The van der Waals surface area contributed by atoms with Gasteiger partial charge in [0.1, 0.15) is 6.04 Å². The fraction of sp³-hybridized carbons (Fsp3) is 0.562. The van der Waals surface area contributed by atoms with Crippen molar-refractivity contribution in [3.05, 3.63) is 35.9 Å². The Hall–Kier alpha value is -1.35. The van der Waals surface area contributed by atoms with E-state index in [9.17, 15) is 4.79 Å². The second-order valence-corrected chi connectivity index (χ2v) is 5.62. The van der Waals surface area contributed by atoms with Crippen LogP contribution in [0.2, 0.25) is 0 Å². The Kier molecular flexibility index (Phi) is 3.56. The summed E-state index contributed by atoms with van der Waals surface area (Å²) in [6.45, 7) is 2.15. The van der Waals surface area contributed by atoms with Crippen LogP contribution in [0.5, 0.6) is 0 Å². The minimum Gasteiger partial charge on any atom is -0.323 e. The van der Waals surface area contributed by atoms with Gasteiger partial charge in [-0.2, -0.15) is 0 Å². The summed E-state index contributed by atoms with van der Waals surface area (Å²) in [7, 11) is 0. The monoisotopic (exact) mass is 258 g/mol. The van der Waals surface area contributed by atoms with Crippen LogP contribution in [0.25, 0.3) is 0 Å². The van der Waals surface area contributed by atoms with Gasteiger partial charge in [-0.05, 0) is 24.8 Å². The van der Waals surface area contributed by atoms with Crippen molar-refractivity contribution in [3.8, 4) is 0 Å². The Balaban J connectivity index is 1.84. The zero-order chi connectivity index (χ0) is 13.2. The second kappa shape index (κ2) is 5.33. The van der Waals surface area contributed by atoms with E-state index in [0.29, 0.717) is 6.04 Å². The van der Waals surface area contributed by atoms with Crippen molar-refractivity contribution >= 4 is 5.91 Å². The van der Waals surface area contributed by atoms with Crippen molar-refractivity contribution in [1.82, 2.24) is 10.2 Å². The highest BCUT2D eigenvalue weighted by molar-refractivity contribution is 5.86. The van der Waals surface area contributed by atoms with E-state index in [1.165, 1.54) is 25.7 Å². The summed E-state index contributed by atoms with van der Waals surface area (Å²) in [6.07, 6.45) is 6.06. The molecule has 3 heteroatoms. The molecule has 3 nitrogen and oxygen atoms in total. The molecule has 0 spiro atoms. The predicted molar refractivity (Wildman–Crippen MR) is 75.5 cm³/mol. The van der Waals surface area contributed by atoms with Crippen molar-refractivity contribution in [1.29, 1.82) is 0 Å². The first kappa shape index (κ1) is 12.7. The van der Waals surface area contributed by atoms with Crippen LogP contribution >= 0.6 is 0 Å². The minimum atomic E-state index is -0.147. The molecule has 1 aromatic rings. The van der Waals surface area contributed by atoms with Crippen molar-refractivity contribution < 1.29 is 4.79 Å². The normalized spacial score (nSPS) is 28.3. The van der Waals surface area contributed by atoms with Crippen LogP contribution in [0.15, 0.2) is 30.3 Å². The van der Waals surface area contributed by atoms with Crippen LogP contribution in [-0.2, 0) is 4.79 Å². The Morgan fingerprint density at radius 3 is 2.53 bits per heavy atom. The summed E-state index contributed by atoms with van der Waals surface area (Å²) in [5, 5.41) is 3.51. The van der Waals surface area contributed by atoms with Gasteiger partial charge in [-0.25, -0.2) is 0 Å². The predicted octanol–water partition coefficient (Wildman–Crippen LogP) is 2.84. The molecule has 2 aliphatic rings. The van der Waals surface area contributed by atoms with E-state index in [1.54, 1.807) is 0 Å². The average molecular weight is 258 g/mol. The number of hydrogen-bond acceptors (Lipinski definition) is 2. The van der Waals surface area contributed by atoms with Crippen LogP contribution < -0.4 is 5.32 Å². The Labute approximate surface area is 115 Å². The summed E-state index contributed by atoms with van der Waals surface area (Å²) in [5.74, 6) is 0.268. The van der Waals surface area contributed by atoms with E-state index < -0.39 is 0 Å². The van der Waals surface area contributed by atoms with Crippen molar-refractivity contribution in [3.63, 3.8) is 0 Å². The van der Waals surface area contributed by atoms with E-state index in [4.69, 9.17) is 0 Å². The summed E-state index contributed by atoms with van der Waals surface area (Å²) >= 11 is 0. The lowest BCUT2D eigenvalue weighted by atomic mass is 10.1. The standard InChI is InChI=1S/C16H22N2O/c1-2-14-17-15(12-8-4-3-5-9-12)16(19)18(14)13-10-6-7-11-13/h3-5,8-9,13-15,17H,2,6-7,10-11H2,1H3. The fourth-order valence-corrected chi connectivity index (χ4v) is 3.46. The van der Waals surface area contributed by atoms with Gasteiger partial charge in [0.05, 0.1) is 6.17 Å². The molecule has 1 heterocycles. The third-order valence-corrected chi connectivity index (χ3v) is 4.43. The molecule has 1 aliphatic heterocycles. The molecule has 0 aromatic heterocycles. The highest BCUT2D eigenvalue weighted by atomic mass is 16.2. The first-order valence-electron chi connectivity index (χ1n) is 7.44. The zero-order valence-electron chi connectivity index (χ0n) is 11.5. The maximum atomic E-state index is 12.7. The number of hydrogen-bond donors (Lipinski definition) is 1. The molecule has 0 radical (unpaired) electrons. The van der Waals surface area contributed by atoms with Gasteiger partial charge in [-0.15, -0.1) is 0 Å². The van der Waals surface area contributed by atoms with Crippen molar-refractivity contribution in [2.75, 3.05) is 0 Å². The molecule has 0 bridgehead atoms. The van der Waals surface area contributed by atoms with Gasteiger partial charge in [0, 0.05) is 6.04 Å². The Morgan fingerprint density at radius 2 is 1.89 bits per heavy atom. The lowest BCUT2D eigenvalue weighted by Crippen LogP contribution is -2.43. The molecule has 1 saturated carbocycles. The molecule has 102 valence electrons. The summed E-state index contributed by atoms with van der Waals surface area (Å²) in [6, 6.07) is 10.4. The molecule has 1 aromatic carbocycles.